The van der Waals surface area contributed by atoms with Crippen LogP contribution in [0.1, 0.15) is 16.1 Å². The van der Waals surface area contributed by atoms with Gasteiger partial charge in [-0.3, -0.25) is 5.10 Å². The molecule has 1 heterocycles. The number of nitrogens with zero attached hydrogens (tertiary/aromatic N) is 1. The van der Waals surface area contributed by atoms with Crippen LogP contribution in [0.2, 0.25) is 0 Å². The lowest BCUT2D eigenvalue weighted by molar-refractivity contribution is 0.0690. The SMILES string of the molecule is COc1cc(-c2cc(C(=O)O)[nH]n2)ccc1OCc1ccccc1. The zero-order chi connectivity index (χ0) is 16.9. The summed E-state index contributed by atoms with van der Waals surface area (Å²) >= 11 is 0. The summed E-state index contributed by atoms with van der Waals surface area (Å²) in [4.78, 5) is 10.9. The molecular weight excluding hydrogens is 308 g/mol. The molecule has 2 N–H and O–H groups in total. The first kappa shape index (κ1) is 15.6. The molecule has 0 aliphatic carbocycles. The van der Waals surface area contributed by atoms with Crippen molar-refractivity contribution in [1.82, 2.24) is 10.2 Å². The van der Waals surface area contributed by atoms with Crippen LogP contribution in [0.5, 0.6) is 11.5 Å². The van der Waals surface area contributed by atoms with Gasteiger partial charge in [0.2, 0.25) is 0 Å². The lowest BCUT2D eigenvalue weighted by Crippen LogP contribution is -1.97. The molecule has 0 aliphatic rings. The van der Waals surface area contributed by atoms with Crippen LogP contribution in [-0.2, 0) is 6.61 Å². The van der Waals surface area contributed by atoms with E-state index in [9.17, 15) is 4.79 Å². The van der Waals surface area contributed by atoms with E-state index in [1.165, 1.54) is 6.07 Å². The second-order valence-corrected chi connectivity index (χ2v) is 5.11. The number of aromatic amines is 1. The Morgan fingerprint density at radius 1 is 1.12 bits per heavy atom. The predicted octanol–water partition coefficient (Wildman–Crippen LogP) is 3.36. The quantitative estimate of drug-likeness (QED) is 0.726. The Balaban J connectivity index is 1.80. The van der Waals surface area contributed by atoms with E-state index in [1.54, 1.807) is 19.2 Å². The predicted molar refractivity (Wildman–Crippen MR) is 88.3 cm³/mol. The van der Waals surface area contributed by atoms with Crippen molar-refractivity contribution in [2.24, 2.45) is 0 Å². The minimum Gasteiger partial charge on any atom is -0.493 e. The Bertz CT molecular complexity index is 843. The Labute approximate surface area is 138 Å². The summed E-state index contributed by atoms with van der Waals surface area (Å²) in [5, 5.41) is 15.4. The second-order valence-electron chi connectivity index (χ2n) is 5.11. The molecule has 0 saturated heterocycles. The average molecular weight is 324 g/mol. The number of hydrogen-bond donors (Lipinski definition) is 2. The number of carboxylic acids is 1. The van der Waals surface area contributed by atoms with Crippen LogP contribution in [0, 0.1) is 0 Å². The highest BCUT2D eigenvalue weighted by Gasteiger charge is 2.12. The molecule has 6 heteroatoms. The zero-order valence-electron chi connectivity index (χ0n) is 13.0. The molecule has 0 radical (unpaired) electrons. The number of carbonyl (C=O) groups is 1. The highest BCUT2D eigenvalue weighted by molar-refractivity contribution is 5.86. The maximum atomic E-state index is 10.9. The first-order chi connectivity index (χ1) is 11.7. The fourth-order valence-electron chi connectivity index (χ4n) is 2.26. The Morgan fingerprint density at radius 3 is 2.58 bits per heavy atom. The Morgan fingerprint density at radius 2 is 1.92 bits per heavy atom. The number of ether oxygens (including phenoxy) is 2. The summed E-state index contributed by atoms with van der Waals surface area (Å²) in [6.07, 6.45) is 0. The van der Waals surface area contributed by atoms with Crippen LogP contribution in [0.4, 0.5) is 0 Å². The van der Waals surface area contributed by atoms with Gasteiger partial charge in [-0.2, -0.15) is 5.10 Å². The fourth-order valence-corrected chi connectivity index (χ4v) is 2.26. The molecule has 6 nitrogen and oxygen atoms in total. The number of methoxy groups -OCH3 is 1. The summed E-state index contributed by atoms with van der Waals surface area (Å²) in [6.45, 7) is 0.433. The molecule has 0 saturated carbocycles. The van der Waals surface area contributed by atoms with Gasteiger partial charge in [-0.05, 0) is 29.8 Å². The molecule has 0 spiro atoms. The second kappa shape index (κ2) is 6.87. The van der Waals surface area contributed by atoms with Crippen molar-refractivity contribution >= 4 is 5.97 Å². The largest absolute Gasteiger partial charge is 0.493 e. The first-order valence-corrected chi connectivity index (χ1v) is 7.31. The summed E-state index contributed by atoms with van der Waals surface area (Å²) in [7, 11) is 1.56. The minimum absolute atomic E-state index is 0.0355. The third kappa shape index (κ3) is 3.38. The highest BCUT2D eigenvalue weighted by atomic mass is 16.5. The van der Waals surface area contributed by atoms with Gasteiger partial charge in [-0.15, -0.1) is 0 Å². The maximum Gasteiger partial charge on any atom is 0.353 e. The number of aromatic nitrogens is 2. The van der Waals surface area contributed by atoms with Crippen molar-refractivity contribution in [2.45, 2.75) is 6.61 Å². The minimum atomic E-state index is -1.05. The summed E-state index contributed by atoms with van der Waals surface area (Å²) < 4.78 is 11.2. The van der Waals surface area contributed by atoms with Gasteiger partial charge in [0.05, 0.1) is 12.8 Å². The van der Waals surface area contributed by atoms with Crippen molar-refractivity contribution in [2.75, 3.05) is 7.11 Å². The smallest absolute Gasteiger partial charge is 0.353 e. The van der Waals surface area contributed by atoms with Crippen molar-refractivity contribution in [1.29, 1.82) is 0 Å². The third-order valence-electron chi connectivity index (χ3n) is 3.50. The fraction of sp³-hybridized carbons (Fsp3) is 0.111. The van der Waals surface area contributed by atoms with Crippen molar-refractivity contribution in [3.8, 4) is 22.8 Å². The van der Waals surface area contributed by atoms with E-state index < -0.39 is 5.97 Å². The van der Waals surface area contributed by atoms with Crippen molar-refractivity contribution in [3.05, 3.63) is 65.9 Å². The molecule has 122 valence electrons. The summed E-state index contributed by atoms with van der Waals surface area (Å²) in [5.41, 5.74) is 2.36. The van der Waals surface area contributed by atoms with E-state index in [4.69, 9.17) is 14.6 Å². The number of nitrogens with one attached hydrogen (secondary N) is 1. The lowest BCUT2D eigenvalue weighted by atomic mass is 10.1. The Kier molecular flexibility index (Phi) is 4.47. The van der Waals surface area contributed by atoms with E-state index in [2.05, 4.69) is 10.2 Å². The van der Waals surface area contributed by atoms with Gasteiger partial charge in [0.25, 0.3) is 0 Å². The summed E-state index contributed by atoms with van der Waals surface area (Å²) in [5.74, 6) is 0.117. The normalized spacial score (nSPS) is 10.4. The van der Waals surface area contributed by atoms with Crippen LogP contribution in [0.15, 0.2) is 54.6 Å². The molecule has 3 rings (SSSR count). The monoisotopic (exact) mass is 324 g/mol. The first-order valence-electron chi connectivity index (χ1n) is 7.31. The van der Waals surface area contributed by atoms with E-state index in [1.807, 2.05) is 36.4 Å². The van der Waals surface area contributed by atoms with Gasteiger partial charge in [0, 0.05) is 5.56 Å². The molecule has 3 aromatic rings. The van der Waals surface area contributed by atoms with E-state index in [-0.39, 0.29) is 5.69 Å². The van der Waals surface area contributed by atoms with Gasteiger partial charge in [0.1, 0.15) is 12.3 Å². The lowest BCUT2D eigenvalue weighted by Gasteiger charge is -2.11. The number of carboxylic acid groups (broad SMARTS) is 1. The van der Waals surface area contributed by atoms with Gasteiger partial charge in [0.15, 0.2) is 11.5 Å². The average Bonchev–Trinajstić information content (AvgIpc) is 3.11. The van der Waals surface area contributed by atoms with E-state index >= 15 is 0 Å². The van der Waals surface area contributed by atoms with Crippen LogP contribution in [0.25, 0.3) is 11.3 Å². The topological polar surface area (TPSA) is 84.4 Å². The molecule has 0 amide bonds. The molecule has 0 fully saturated rings. The molecule has 2 aromatic carbocycles. The number of H-pyrrole nitrogens is 1. The molecule has 0 atom stereocenters. The molecule has 0 unspecified atom stereocenters. The zero-order valence-corrected chi connectivity index (χ0v) is 13.0. The van der Waals surface area contributed by atoms with Gasteiger partial charge in [-0.25, -0.2) is 4.79 Å². The van der Waals surface area contributed by atoms with E-state index in [0.29, 0.717) is 23.8 Å². The van der Waals surface area contributed by atoms with Crippen LogP contribution < -0.4 is 9.47 Å². The third-order valence-corrected chi connectivity index (χ3v) is 3.50. The van der Waals surface area contributed by atoms with E-state index in [0.717, 1.165) is 11.1 Å². The highest BCUT2D eigenvalue weighted by Crippen LogP contribution is 2.32. The van der Waals surface area contributed by atoms with Gasteiger partial charge >= 0.3 is 5.97 Å². The number of benzene rings is 2. The number of aromatic carboxylic acids is 1. The van der Waals surface area contributed by atoms with Crippen molar-refractivity contribution in [3.63, 3.8) is 0 Å². The molecule has 0 bridgehead atoms. The molecule has 0 aliphatic heterocycles. The number of rotatable bonds is 6. The molecule has 24 heavy (non-hydrogen) atoms. The number of hydrogen-bond acceptors (Lipinski definition) is 4. The van der Waals surface area contributed by atoms with Crippen molar-refractivity contribution < 1.29 is 19.4 Å². The van der Waals surface area contributed by atoms with Gasteiger partial charge < -0.3 is 14.6 Å². The summed E-state index contributed by atoms with van der Waals surface area (Å²) in [6, 6.07) is 16.7. The van der Waals surface area contributed by atoms with Crippen LogP contribution in [0.3, 0.4) is 0 Å². The van der Waals surface area contributed by atoms with Crippen LogP contribution in [-0.4, -0.2) is 28.4 Å². The maximum absolute atomic E-state index is 10.9. The molecule has 1 aromatic heterocycles. The Hall–Kier alpha value is -3.28. The van der Waals surface area contributed by atoms with Crippen LogP contribution >= 0.6 is 0 Å². The van der Waals surface area contributed by atoms with Gasteiger partial charge in [-0.1, -0.05) is 30.3 Å². The standard InChI is InChI=1S/C18H16N2O4/c1-23-17-9-13(14-10-15(18(21)22)20-19-14)7-8-16(17)24-11-12-5-3-2-4-6-12/h2-10H,11H2,1H3,(H,19,20)(H,21,22). The molecular formula is C18H16N2O4.